The van der Waals surface area contributed by atoms with Gasteiger partial charge in [0.25, 0.3) is 0 Å². The summed E-state index contributed by atoms with van der Waals surface area (Å²) < 4.78 is 58.2. The minimum absolute atomic E-state index is 0.115. The molecule has 1 atom stereocenters. The molecule has 27 heavy (non-hydrogen) atoms. The van der Waals surface area contributed by atoms with E-state index in [2.05, 4.69) is 28.6 Å². The van der Waals surface area contributed by atoms with Crippen LogP contribution in [0, 0.1) is 11.3 Å². The average molecular weight is 391 g/mol. The van der Waals surface area contributed by atoms with E-state index in [4.69, 9.17) is 0 Å². The molecule has 1 fully saturated rings. The smallest absolute Gasteiger partial charge is 0.387 e. The van der Waals surface area contributed by atoms with Crippen molar-refractivity contribution < 1.29 is 31.8 Å². The summed E-state index contributed by atoms with van der Waals surface area (Å²) in [6, 6.07) is 4.70. The van der Waals surface area contributed by atoms with Crippen LogP contribution in [0.5, 0.6) is 5.75 Å². The summed E-state index contributed by atoms with van der Waals surface area (Å²) in [6.07, 6.45) is 3.13. The van der Waals surface area contributed by atoms with E-state index in [0.717, 1.165) is 19.3 Å². The number of ether oxygens (including phenoxy) is 2. The van der Waals surface area contributed by atoms with Crippen LogP contribution in [0.25, 0.3) is 0 Å². The van der Waals surface area contributed by atoms with Crippen LogP contribution in [0.3, 0.4) is 0 Å². The van der Waals surface area contributed by atoms with E-state index in [9.17, 15) is 22.4 Å². The van der Waals surface area contributed by atoms with Crippen LogP contribution in [0.1, 0.15) is 51.1 Å². The summed E-state index contributed by atoms with van der Waals surface area (Å²) in [6.45, 7) is -2.12. The Kier molecular flexibility index (Phi) is 7.47. The van der Waals surface area contributed by atoms with Gasteiger partial charge in [0.2, 0.25) is 5.91 Å². The van der Waals surface area contributed by atoms with Gasteiger partial charge >= 0.3 is 13.2 Å². The highest BCUT2D eigenvalue weighted by Crippen LogP contribution is 2.46. The van der Waals surface area contributed by atoms with Gasteiger partial charge in [0.05, 0.1) is 12.6 Å². The number of benzene rings is 1. The van der Waals surface area contributed by atoms with Gasteiger partial charge in [-0.15, -0.1) is 0 Å². The highest BCUT2D eigenvalue weighted by atomic mass is 19.3. The van der Waals surface area contributed by atoms with Crippen molar-refractivity contribution in [3.05, 3.63) is 29.8 Å². The first-order valence-electron chi connectivity index (χ1n) is 8.88. The Hall–Kier alpha value is -1.83. The summed E-state index contributed by atoms with van der Waals surface area (Å²) in [4.78, 5) is 12.2. The fourth-order valence-electron chi connectivity index (χ4n) is 3.61. The Balaban J connectivity index is 1.95. The number of amides is 1. The number of hydrogen-bond acceptors (Lipinski definition) is 3. The number of carbonyl (C=O) groups is 1. The van der Waals surface area contributed by atoms with Gasteiger partial charge in [0, 0.05) is 6.42 Å². The molecule has 0 heterocycles. The SMILES string of the molecule is CC1(C)CC(CCC(=O)NC(COC(F)F)c2cccc(OC(F)F)c2)C1. The standard InChI is InChI=1S/C19H25F4NO3/c1-19(2)9-12(10-19)6-7-16(25)24-15(11-26-17(20)21)13-4-3-5-14(8-13)27-18(22)23/h3-5,8,12,15,17-18H,6-7,9-11H2,1-2H3,(H,24,25). The maximum atomic E-state index is 12.4. The predicted molar refractivity (Wildman–Crippen MR) is 91.7 cm³/mol. The third kappa shape index (κ3) is 7.36. The Morgan fingerprint density at radius 1 is 1.22 bits per heavy atom. The van der Waals surface area contributed by atoms with E-state index in [-0.39, 0.29) is 18.1 Å². The van der Waals surface area contributed by atoms with Crippen molar-refractivity contribution in [2.45, 2.75) is 58.8 Å². The molecular weight excluding hydrogens is 366 g/mol. The molecular formula is C19H25F4NO3. The molecule has 0 aromatic heterocycles. The molecule has 1 amide bonds. The topological polar surface area (TPSA) is 47.6 Å². The van der Waals surface area contributed by atoms with E-state index >= 15 is 0 Å². The molecule has 1 aliphatic rings. The lowest BCUT2D eigenvalue weighted by molar-refractivity contribution is -0.139. The minimum Gasteiger partial charge on any atom is -0.435 e. The van der Waals surface area contributed by atoms with Crippen molar-refractivity contribution in [1.29, 1.82) is 0 Å². The molecule has 1 unspecified atom stereocenters. The number of alkyl halides is 4. The van der Waals surface area contributed by atoms with E-state index in [1.54, 1.807) is 0 Å². The predicted octanol–water partition coefficient (Wildman–Crippen LogP) is 4.90. The Morgan fingerprint density at radius 2 is 1.93 bits per heavy atom. The number of nitrogens with one attached hydrogen (secondary N) is 1. The number of rotatable bonds is 10. The van der Waals surface area contributed by atoms with Crippen molar-refractivity contribution in [3.8, 4) is 5.75 Å². The van der Waals surface area contributed by atoms with Crippen molar-refractivity contribution in [1.82, 2.24) is 5.32 Å². The van der Waals surface area contributed by atoms with Crippen LogP contribution in [0.4, 0.5) is 17.6 Å². The quantitative estimate of drug-likeness (QED) is 0.577. The summed E-state index contributed by atoms with van der Waals surface area (Å²) in [5.41, 5.74) is 0.673. The number of carbonyl (C=O) groups excluding carboxylic acids is 1. The van der Waals surface area contributed by atoms with Crippen molar-refractivity contribution in [2.24, 2.45) is 11.3 Å². The molecule has 0 bridgehead atoms. The average Bonchev–Trinajstić information content (AvgIpc) is 2.54. The molecule has 0 radical (unpaired) electrons. The maximum Gasteiger partial charge on any atom is 0.387 e. The van der Waals surface area contributed by atoms with Crippen LogP contribution < -0.4 is 10.1 Å². The summed E-state index contributed by atoms with van der Waals surface area (Å²) in [5.74, 6) is 0.0857. The zero-order valence-corrected chi connectivity index (χ0v) is 15.4. The van der Waals surface area contributed by atoms with Gasteiger partial charge in [0.1, 0.15) is 5.75 Å². The molecule has 0 saturated heterocycles. The first-order valence-corrected chi connectivity index (χ1v) is 8.88. The largest absolute Gasteiger partial charge is 0.435 e. The zero-order chi connectivity index (χ0) is 20.0. The molecule has 1 aromatic rings. The summed E-state index contributed by atoms with van der Waals surface area (Å²) in [7, 11) is 0. The second kappa shape index (κ2) is 9.39. The molecule has 1 saturated carbocycles. The maximum absolute atomic E-state index is 12.4. The Labute approximate surface area is 156 Å². The number of halogens is 4. The fourth-order valence-corrected chi connectivity index (χ4v) is 3.61. The Morgan fingerprint density at radius 3 is 2.52 bits per heavy atom. The first-order chi connectivity index (χ1) is 12.6. The van der Waals surface area contributed by atoms with Gasteiger partial charge in [-0.25, -0.2) is 0 Å². The molecule has 0 aliphatic heterocycles. The zero-order valence-electron chi connectivity index (χ0n) is 15.4. The van der Waals surface area contributed by atoms with Crippen molar-refractivity contribution >= 4 is 5.91 Å². The van der Waals surface area contributed by atoms with E-state index in [1.165, 1.54) is 24.3 Å². The van der Waals surface area contributed by atoms with E-state index < -0.39 is 25.9 Å². The van der Waals surface area contributed by atoms with Gasteiger partial charge < -0.3 is 14.8 Å². The number of hydrogen-bond donors (Lipinski definition) is 1. The second-order valence-electron chi connectivity index (χ2n) is 7.64. The molecule has 8 heteroatoms. The van der Waals surface area contributed by atoms with Gasteiger partial charge in [-0.2, -0.15) is 17.6 Å². The highest BCUT2D eigenvalue weighted by molar-refractivity contribution is 5.76. The molecule has 152 valence electrons. The summed E-state index contributed by atoms with van der Waals surface area (Å²) >= 11 is 0. The molecule has 2 rings (SSSR count). The minimum atomic E-state index is -3.00. The van der Waals surface area contributed by atoms with Gasteiger partial charge in [-0.1, -0.05) is 26.0 Å². The normalized spacial score (nSPS) is 17.6. The Bertz CT molecular complexity index is 617. The molecule has 1 aliphatic carbocycles. The highest BCUT2D eigenvalue weighted by Gasteiger charge is 2.35. The van der Waals surface area contributed by atoms with Crippen molar-refractivity contribution in [3.63, 3.8) is 0 Å². The van der Waals surface area contributed by atoms with Crippen LogP contribution >= 0.6 is 0 Å². The van der Waals surface area contributed by atoms with Gasteiger partial charge in [-0.05, 0) is 48.3 Å². The molecule has 1 N–H and O–H groups in total. The second-order valence-corrected chi connectivity index (χ2v) is 7.64. The lowest BCUT2D eigenvalue weighted by Gasteiger charge is -2.42. The summed E-state index contributed by atoms with van der Waals surface area (Å²) in [5, 5.41) is 2.65. The van der Waals surface area contributed by atoms with Crippen LogP contribution in [0.2, 0.25) is 0 Å². The van der Waals surface area contributed by atoms with Crippen LogP contribution in [-0.4, -0.2) is 25.7 Å². The lowest BCUT2D eigenvalue weighted by atomic mass is 9.63. The third-order valence-electron chi connectivity index (χ3n) is 4.67. The lowest BCUT2D eigenvalue weighted by Crippen LogP contribution is -2.35. The van der Waals surface area contributed by atoms with Gasteiger partial charge in [0.15, 0.2) is 0 Å². The monoisotopic (exact) mass is 391 g/mol. The first kappa shape index (κ1) is 21.5. The van der Waals surface area contributed by atoms with E-state index in [1.807, 2.05) is 0 Å². The van der Waals surface area contributed by atoms with Crippen LogP contribution in [-0.2, 0) is 9.53 Å². The molecule has 0 spiro atoms. The molecule has 4 nitrogen and oxygen atoms in total. The van der Waals surface area contributed by atoms with Crippen LogP contribution in [0.15, 0.2) is 24.3 Å². The third-order valence-corrected chi connectivity index (χ3v) is 4.67. The van der Waals surface area contributed by atoms with Gasteiger partial charge in [-0.3, -0.25) is 4.79 Å². The van der Waals surface area contributed by atoms with E-state index in [0.29, 0.717) is 16.9 Å². The molecule has 1 aromatic carbocycles. The van der Waals surface area contributed by atoms with Crippen molar-refractivity contribution in [2.75, 3.05) is 6.61 Å². The fraction of sp³-hybridized carbons (Fsp3) is 0.632.